The number of ether oxygens (including phenoxy) is 15. The van der Waals surface area contributed by atoms with Gasteiger partial charge in [0.15, 0.2) is 50.3 Å². The average Bonchev–Trinajstić information content (AvgIpc) is 0.777. The number of hydrogen-bond donors (Lipinski definition) is 24. The highest BCUT2D eigenvalue weighted by Crippen LogP contribution is 2.39. The number of carbonyl (C=O) groups is 4. The predicted octanol–water partition coefficient (Wildman–Crippen LogP) is -13.8. The van der Waals surface area contributed by atoms with E-state index < -0.39 is 321 Å². The summed E-state index contributed by atoms with van der Waals surface area (Å²) in [6.45, 7) is 5.04. The second-order valence-corrected chi connectivity index (χ2v) is 27.9. The summed E-state index contributed by atoms with van der Waals surface area (Å²) < 4.78 is 88.8. The summed E-state index contributed by atoms with van der Waals surface area (Å²) in [5.74, 6) is -4.86. The minimum absolute atomic E-state index is 0.320. The molecule has 8 rings (SSSR count). The Hall–Kier alpha value is -3.52. The van der Waals surface area contributed by atoms with Gasteiger partial charge in [0.1, 0.15) is 134 Å². The molecule has 8 aliphatic rings. The van der Waals surface area contributed by atoms with Crippen LogP contribution in [0.3, 0.4) is 0 Å². The predicted molar refractivity (Wildman–Crippen MR) is 336 cm³/mol. The van der Waals surface area contributed by atoms with E-state index in [0.717, 1.165) is 20.8 Å². The van der Waals surface area contributed by atoms with Crippen LogP contribution in [0.1, 0.15) is 68.2 Å². The van der Waals surface area contributed by atoms with E-state index in [4.69, 9.17) is 71.1 Å². The van der Waals surface area contributed by atoms with Crippen molar-refractivity contribution >= 4 is 23.6 Å². The van der Waals surface area contributed by atoms with Crippen molar-refractivity contribution in [2.75, 3.05) is 39.6 Å². The molecule has 0 spiro atoms. The van der Waals surface area contributed by atoms with Gasteiger partial charge in [0.2, 0.25) is 23.6 Å². The number of aliphatic hydroxyl groups is 20. The molecule has 0 aromatic heterocycles. The molecule has 0 saturated carbocycles. The average molecular weight is 1530 g/mol. The zero-order chi connectivity index (χ0) is 77.6. The van der Waals surface area contributed by atoms with Crippen molar-refractivity contribution in [3.05, 3.63) is 0 Å². The Morgan fingerprint density at radius 2 is 0.695 bits per heavy atom. The lowest BCUT2D eigenvalue weighted by Crippen LogP contribution is -2.66. The molecule has 42 atom stereocenters. The van der Waals surface area contributed by atoms with Crippen LogP contribution < -0.4 is 21.3 Å². The third-order valence-electron chi connectivity index (χ3n) is 19.8. The molecule has 0 bridgehead atoms. The smallest absolute Gasteiger partial charge is 0.217 e. The number of rotatable bonds is 28. The first-order valence-corrected chi connectivity index (χ1v) is 34.6. The fourth-order valence-electron chi connectivity index (χ4n) is 13.9. The van der Waals surface area contributed by atoms with E-state index in [1.807, 2.05) is 0 Å². The van der Waals surface area contributed by atoms with Crippen LogP contribution in [0.4, 0.5) is 0 Å². The van der Waals surface area contributed by atoms with Gasteiger partial charge in [0.05, 0.1) is 100 Å². The van der Waals surface area contributed by atoms with Gasteiger partial charge < -0.3 is 194 Å². The first kappa shape index (κ1) is 87.1. The van der Waals surface area contributed by atoms with Gasteiger partial charge in [0.25, 0.3) is 0 Å². The summed E-state index contributed by atoms with van der Waals surface area (Å²) in [5.41, 5.74) is 0. The lowest BCUT2D eigenvalue weighted by molar-refractivity contribution is -0.386. The molecule has 43 heteroatoms. The van der Waals surface area contributed by atoms with E-state index in [1.165, 1.54) is 34.6 Å². The molecule has 8 fully saturated rings. The van der Waals surface area contributed by atoms with Crippen LogP contribution in [0.5, 0.6) is 0 Å². The number of hydrogen-bond acceptors (Lipinski definition) is 39. The number of aliphatic hydroxyl groups excluding tert-OH is 20. The second kappa shape index (κ2) is 38.1. The van der Waals surface area contributed by atoms with Gasteiger partial charge in [-0.3, -0.25) is 19.2 Å². The van der Waals surface area contributed by atoms with Crippen LogP contribution in [0.2, 0.25) is 0 Å². The maximum Gasteiger partial charge on any atom is 0.217 e. The third-order valence-corrected chi connectivity index (χ3v) is 19.8. The molecule has 8 aliphatic heterocycles. The van der Waals surface area contributed by atoms with Gasteiger partial charge in [-0.15, -0.1) is 0 Å². The van der Waals surface area contributed by atoms with E-state index in [1.54, 1.807) is 0 Å². The first-order chi connectivity index (χ1) is 49.4. The van der Waals surface area contributed by atoms with Crippen LogP contribution in [0.25, 0.3) is 0 Å². The Balaban J connectivity index is 0.954. The molecule has 8 heterocycles. The van der Waals surface area contributed by atoms with Gasteiger partial charge in [-0.1, -0.05) is 13.8 Å². The summed E-state index contributed by atoms with van der Waals surface area (Å²) in [6.07, 6.45) is -64.2. The number of nitrogens with one attached hydrogen (secondary N) is 4. The Bertz CT molecular complexity index is 2710. The quantitative estimate of drug-likeness (QED) is 0.0346. The van der Waals surface area contributed by atoms with Crippen molar-refractivity contribution in [3.63, 3.8) is 0 Å². The molecule has 15 unspecified atom stereocenters. The molecule has 608 valence electrons. The minimum atomic E-state index is -2.17. The van der Waals surface area contributed by atoms with Crippen molar-refractivity contribution in [1.29, 1.82) is 0 Å². The largest absolute Gasteiger partial charge is 0.394 e. The van der Waals surface area contributed by atoms with Gasteiger partial charge >= 0.3 is 0 Å². The van der Waals surface area contributed by atoms with Gasteiger partial charge in [0, 0.05) is 52.4 Å². The van der Waals surface area contributed by atoms with E-state index in [0.29, 0.717) is 0 Å². The van der Waals surface area contributed by atoms with Gasteiger partial charge in [-0.25, -0.2) is 0 Å². The van der Waals surface area contributed by atoms with Gasteiger partial charge in [-0.2, -0.15) is 0 Å². The molecular formula is C62H106N4O39. The lowest BCUT2D eigenvalue weighted by atomic mass is 9.90. The summed E-state index contributed by atoms with van der Waals surface area (Å²) in [5, 5.41) is 233. The molecule has 0 aromatic carbocycles. The fourth-order valence-corrected chi connectivity index (χ4v) is 13.9. The summed E-state index contributed by atoms with van der Waals surface area (Å²) in [6, 6.07) is -4.76. The zero-order valence-corrected chi connectivity index (χ0v) is 58.6. The van der Waals surface area contributed by atoms with Crippen molar-refractivity contribution in [3.8, 4) is 0 Å². The highest BCUT2D eigenvalue weighted by atomic mass is 16.8. The zero-order valence-electron chi connectivity index (χ0n) is 58.6. The normalized spacial score (nSPS) is 46.8. The summed E-state index contributed by atoms with van der Waals surface area (Å²) in [7, 11) is 0. The van der Waals surface area contributed by atoms with E-state index in [-0.39, 0.29) is 12.8 Å². The molecule has 4 amide bonds. The topological polar surface area (TPSA) is 659 Å². The molecule has 0 radical (unpaired) electrons. The third kappa shape index (κ3) is 20.8. The number of carbonyl (C=O) groups excluding carboxylic acids is 4. The summed E-state index contributed by atoms with van der Waals surface area (Å²) >= 11 is 0. The first-order valence-electron chi connectivity index (χ1n) is 34.6. The van der Waals surface area contributed by atoms with Crippen LogP contribution in [-0.2, 0) is 90.2 Å². The Morgan fingerprint density at radius 1 is 0.371 bits per heavy atom. The molecule has 24 N–H and O–H groups in total. The Labute approximate surface area is 600 Å². The lowest BCUT2D eigenvalue weighted by Gasteiger charge is -2.50. The fraction of sp³-hybridized carbons (Fsp3) is 0.935. The Kier molecular flexibility index (Phi) is 31.6. The van der Waals surface area contributed by atoms with Gasteiger partial charge in [-0.05, 0) is 13.8 Å². The van der Waals surface area contributed by atoms with E-state index in [9.17, 15) is 121 Å². The van der Waals surface area contributed by atoms with Crippen LogP contribution in [-0.4, -0.2) is 411 Å². The minimum Gasteiger partial charge on any atom is -0.394 e. The number of amides is 4. The van der Waals surface area contributed by atoms with E-state index in [2.05, 4.69) is 21.3 Å². The van der Waals surface area contributed by atoms with Crippen LogP contribution in [0.15, 0.2) is 0 Å². The highest BCUT2D eigenvalue weighted by Gasteiger charge is 2.57. The molecule has 43 nitrogen and oxygen atoms in total. The Morgan fingerprint density at radius 3 is 1.08 bits per heavy atom. The SMILES string of the molecule is CC(=O)N[C@H](C1O[C@@H](OCC2O[C@@H](OCC3O[C@@H](O[C@@H]4C(C)[C@H](O[C@@H]5C(O)[C@H](O[C@@H]6C(C)C(O)OC(CO)[C@@H]6O)OC(CO[C@@H]6OC(CO[C@H]7C[C@@H](O)[C@H](NC(C)=O)C([C@@H](NC(C)=O)[C@H](C)O)O7)[C@@H](O)[C@H](O)C6O)[C@@H]5O)OC(CO)[C@@H]4O)C(O)[C@@H](O)[C@H]3O)C(O)[C@@H](O)[C@@H]2O)C[C@@H](O)[C@@H]1NC(C)=O)[C@H](C)O. The molecular weight excluding hydrogens is 1420 g/mol. The van der Waals surface area contributed by atoms with Crippen molar-refractivity contribution in [2.24, 2.45) is 11.8 Å². The van der Waals surface area contributed by atoms with E-state index >= 15 is 0 Å². The standard InChI is InChI=1S/C62H106N4O39/c1-17-52(42(80)27(11-67)95-57(17)90)103-62-51(89)56(44(82)32(100-62)16-94-60-49(87)46(84)40(78)30(98-60)14-92-34-10-26(76)38(66-24(8)74)55(102-34)36(20(4)70)64-22(6)72)105-58-18(2)53(43(81)28(12-68)96-58)104-61-50(88)47(85)41(79)31(99-61)15-93-59-48(86)45(83)39(77)29(97-59)13-91-33-9-25(75)37(65-23(7)73)54(101-33)35(19(3)69)63-21(5)71/h17-20,25-62,67-70,75-90H,9-16H2,1-8H3,(H,63,71)(H,64,72)(H,65,73)(H,66,74)/t17?,18?,19-,20-,25+,26+,27?,28?,29?,30?,31?,32?,33+,34+,35-,36-,37-,38-,39+,40+,41-,42-,43-,44-,45-,46-,47-,48?,49?,50?,51?,52+,53+,54?,55?,56-,57?,58-,59+,60+,61-,62-/m0/s1. The maximum atomic E-state index is 12.2. The van der Waals surface area contributed by atoms with Crippen molar-refractivity contribution in [1.82, 2.24) is 21.3 Å². The van der Waals surface area contributed by atoms with Crippen molar-refractivity contribution in [2.45, 2.75) is 314 Å². The molecule has 0 aliphatic carbocycles. The monoisotopic (exact) mass is 1530 g/mol. The van der Waals surface area contributed by atoms with Crippen LogP contribution >= 0.6 is 0 Å². The summed E-state index contributed by atoms with van der Waals surface area (Å²) in [4.78, 5) is 48.6. The van der Waals surface area contributed by atoms with Crippen molar-refractivity contribution < 1.29 is 192 Å². The molecule has 0 aromatic rings. The molecule has 8 saturated heterocycles. The second-order valence-electron chi connectivity index (χ2n) is 27.9. The van der Waals surface area contributed by atoms with Crippen LogP contribution in [0, 0.1) is 11.8 Å². The highest BCUT2D eigenvalue weighted by molar-refractivity contribution is 5.75. The maximum absolute atomic E-state index is 12.2. The molecule has 105 heavy (non-hydrogen) atoms.